The van der Waals surface area contributed by atoms with E-state index in [0.717, 1.165) is 23.5 Å². The van der Waals surface area contributed by atoms with Crippen molar-refractivity contribution in [2.45, 2.75) is 64.3 Å². The number of hydrogen-bond acceptors (Lipinski definition) is 10. The molecule has 1 unspecified atom stereocenters. The first-order valence-electron chi connectivity index (χ1n) is 17.1. The molecule has 4 aromatic rings. The second-order valence-corrected chi connectivity index (χ2v) is 12.6. The lowest BCUT2D eigenvalue weighted by atomic mass is 9.70. The fraction of sp³-hybridized carbons (Fsp3) is 0.308. The molecule has 3 aromatic carbocycles. The van der Waals surface area contributed by atoms with Gasteiger partial charge in [-0.3, -0.25) is 34.2 Å². The van der Waals surface area contributed by atoms with Gasteiger partial charge in [0.05, 0.1) is 30.1 Å². The second kappa shape index (κ2) is 14.9. The zero-order valence-electron chi connectivity index (χ0n) is 28.7. The fourth-order valence-electron chi connectivity index (χ4n) is 6.71. The summed E-state index contributed by atoms with van der Waals surface area (Å²) in [6.07, 6.45) is 5.64. The Bertz CT molecular complexity index is 1960. The molecule has 2 N–H and O–H groups in total. The number of fused-ring (bicyclic) bond motifs is 1. The van der Waals surface area contributed by atoms with Crippen LogP contribution >= 0.6 is 0 Å². The third-order valence-electron chi connectivity index (χ3n) is 9.56. The predicted molar refractivity (Wildman–Crippen MR) is 188 cm³/mol. The van der Waals surface area contributed by atoms with E-state index in [-0.39, 0.29) is 41.0 Å². The van der Waals surface area contributed by atoms with Crippen molar-refractivity contribution in [3.8, 4) is 17.2 Å². The summed E-state index contributed by atoms with van der Waals surface area (Å²) in [5, 5.41) is 5.49. The molecule has 1 saturated heterocycles. The maximum atomic E-state index is 13.1. The van der Waals surface area contributed by atoms with Gasteiger partial charge in [-0.1, -0.05) is 38.1 Å². The molecule has 12 heteroatoms. The molecule has 51 heavy (non-hydrogen) atoms. The van der Waals surface area contributed by atoms with Crippen molar-refractivity contribution in [1.29, 1.82) is 0 Å². The minimum absolute atomic E-state index is 0.0750. The van der Waals surface area contributed by atoms with Crippen LogP contribution in [0.1, 0.15) is 95.3 Å². The van der Waals surface area contributed by atoms with Crippen LogP contribution in [0, 0.1) is 0 Å². The average molecular weight is 690 g/mol. The summed E-state index contributed by atoms with van der Waals surface area (Å²) >= 11 is 0. The van der Waals surface area contributed by atoms with E-state index in [1.807, 2.05) is 24.3 Å². The molecule has 1 atom stereocenters. The van der Waals surface area contributed by atoms with Crippen LogP contribution in [-0.2, 0) is 15.0 Å². The summed E-state index contributed by atoms with van der Waals surface area (Å²) in [5.41, 5.74) is 3.31. The number of nitrogens with zero attached hydrogens (tertiary/aromatic N) is 3. The Morgan fingerprint density at radius 2 is 1.49 bits per heavy atom. The van der Waals surface area contributed by atoms with Crippen LogP contribution in [0.15, 0.2) is 79.1 Å². The molecule has 0 bridgehead atoms. The van der Waals surface area contributed by atoms with Gasteiger partial charge in [0.25, 0.3) is 11.8 Å². The van der Waals surface area contributed by atoms with Crippen molar-refractivity contribution in [3.05, 3.63) is 107 Å². The number of anilines is 1. The van der Waals surface area contributed by atoms with E-state index in [9.17, 15) is 24.0 Å². The summed E-state index contributed by atoms with van der Waals surface area (Å²) in [7, 11) is 0. The van der Waals surface area contributed by atoms with Crippen LogP contribution in [0.2, 0.25) is 0 Å². The molecule has 1 fully saturated rings. The van der Waals surface area contributed by atoms with Crippen LogP contribution in [-0.4, -0.2) is 63.5 Å². The van der Waals surface area contributed by atoms with Gasteiger partial charge in [0.15, 0.2) is 17.4 Å². The number of piperidine rings is 1. The molecule has 0 saturated carbocycles. The molecular formula is C39H39N5O7. The predicted octanol–water partition coefficient (Wildman–Crippen LogP) is 5.86. The highest BCUT2D eigenvalue weighted by molar-refractivity contribution is 6.23. The van der Waals surface area contributed by atoms with E-state index in [4.69, 9.17) is 9.47 Å². The Kier molecular flexibility index (Phi) is 10.2. The zero-order valence-corrected chi connectivity index (χ0v) is 28.7. The third kappa shape index (κ3) is 7.21. The second-order valence-electron chi connectivity index (χ2n) is 12.6. The molecule has 1 aromatic heterocycles. The summed E-state index contributed by atoms with van der Waals surface area (Å²) in [6.45, 7) is 6.82. The molecule has 6 rings (SSSR count). The van der Waals surface area contributed by atoms with Gasteiger partial charge in [0.1, 0.15) is 17.5 Å². The number of benzene rings is 3. The maximum absolute atomic E-state index is 13.1. The number of nitrogens with one attached hydrogen (secondary N) is 2. The van der Waals surface area contributed by atoms with Gasteiger partial charge in [0, 0.05) is 31.0 Å². The van der Waals surface area contributed by atoms with Crippen LogP contribution in [0.5, 0.6) is 17.2 Å². The van der Waals surface area contributed by atoms with E-state index in [1.54, 1.807) is 18.2 Å². The molecule has 2 aliphatic heterocycles. The molecule has 2 aliphatic rings. The van der Waals surface area contributed by atoms with Crippen molar-refractivity contribution >= 4 is 35.1 Å². The number of rotatable bonds is 14. The maximum Gasteiger partial charge on any atom is 0.262 e. The van der Waals surface area contributed by atoms with Crippen molar-refractivity contribution in [3.63, 3.8) is 0 Å². The summed E-state index contributed by atoms with van der Waals surface area (Å²) in [4.78, 5) is 70.4. The van der Waals surface area contributed by atoms with Crippen molar-refractivity contribution in [1.82, 2.24) is 20.2 Å². The van der Waals surface area contributed by atoms with E-state index in [0.29, 0.717) is 36.8 Å². The van der Waals surface area contributed by atoms with Gasteiger partial charge in [0.2, 0.25) is 11.8 Å². The quantitative estimate of drug-likeness (QED) is 0.0934. The number of aromatic nitrogens is 2. The molecule has 0 aliphatic carbocycles. The SMILES string of the molecule is CCC(CC)(c1ccc(OCCCNc2ccc3c(c2)C(=O)N(C2CCC(=O)NC2=O)C3=O)cc1)c1ccc(Oc2cnc(C(C)=O)nc2)cc1. The van der Waals surface area contributed by atoms with Gasteiger partial charge >= 0.3 is 0 Å². The number of carbonyl (C=O) groups is 5. The lowest BCUT2D eigenvalue weighted by molar-refractivity contribution is -0.136. The van der Waals surface area contributed by atoms with Crippen LogP contribution in [0.25, 0.3) is 0 Å². The summed E-state index contributed by atoms with van der Waals surface area (Å²) < 4.78 is 11.9. The van der Waals surface area contributed by atoms with Crippen molar-refractivity contribution < 1.29 is 33.4 Å². The molecule has 0 spiro atoms. The van der Waals surface area contributed by atoms with Gasteiger partial charge < -0.3 is 14.8 Å². The van der Waals surface area contributed by atoms with E-state index >= 15 is 0 Å². The number of Topliss-reactive ketones (excluding diaryl/α,β-unsaturated/α-hetero) is 1. The van der Waals surface area contributed by atoms with Gasteiger partial charge in [-0.2, -0.15) is 0 Å². The Hall–Kier alpha value is -5.91. The van der Waals surface area contributed by atoms with Crippen molar-refractivity contribution in [2.75, 3.05) is 18.5 Å². The lowest BCUT2D eigenvalue weighted by Gasteiger charge is -2.33. The number of amides is 4. The largest absolute Gasteiger partial charge is 0.494 e. The Labute approximate surface area is 295 Å². The number of ether oxygens (including phenoxy) is 2. The Morgan fingerprint density at radius 3 is 2.10 bits per heavy atom. The normalized spacial score (nSPS) is 15.7. The highest BCUT2D eigenvalue weighted by atomic mass is 16.5. The average Bonchev–Trinajstić information content (AvgIpc) is 3.38. The van der Waals surface area contributed by atoms with Gasteiger partial charge in [-0.25, -0.2) is 9.97 Å². The smallest absolute Gasteiger partial charge is 0.262 e. The molecule has 4 amide bonds. The first kappa shape index (κ1) is 34.9. The summed E-state index contributed by atoms with van der Waals surface area (Å²) in [6, 6.07) is 20.2. The first-order valence-corrected chi connectivity index (χ1v) is 17.1. The first-order chi connectivity index (χ1) is 24.6. The molecule has 262 valence electrons. The van der Waals surface area contributed by atoms with Crippen LogP contribution < -0.4 is 20.1 Å². The summed E-state index contributed by atoms with van der Waals surface area (Å²) in [5.74, 6) is -0.297. The third-order valence-corrected chi connectivity index (χ3v) is 9.56. The zero-order chi connectivity index (χ0) is 36.1. The topological polar surface area (TPSA) is 157 Å². The molecular weight excluding hydrogens is 650 g/mol. The highest BCUT2D eigenvalue weighted by Gasteiger charge is 2.44. The molecule has 12 nitrogen and oxygen atoms in total. The molecule has 0 radical (unpaired) electrons. The fourth-order valence-corrected chi connectivity index (χ4v) is 6.71. The number of ketones is 1. The highest BCUT2D eigenvalue weighted by Crippen LogP contribution is 2.40. The number of imide groups is 2. The minimum atomic E-state index is -0.994. The lowest BCUT2D eigenvalue weighted by Crippen LogP contribution is -2.54. The standard InChI is InChI=1S/C39H39N5O7/c1-4-39(5-2,26-9-14-29(15-10-26)51-30-22-41-35(24(3)45)42-23-30)25-7-12-28(13-8-25)50-20-6-19-40-27-11-16-31-32(21-27)38(49)44(37(31)48)33-17-18-34(46)43-36(33)47/h7-16,21-23,33,40H,4-6,17-20H2,1-3H3,(H,43,46,47). The van der Waals surface area contributed by atoms with Gasteiger partial charge in [-0.15, -0.1) is 0 Å². The number of hydrogen-bond donors (Lipinski definition) is 2. The molecule has 3 heterocycles. The van der Waals surface area contributed by atoms with Crippen LogP contribution in [0.3, 0.4) is 0 Å². The van der Waals surface area contributed by atoms with Gasteiger partial charge in [-0.05, 0) is 79.3 Å². The minimum Gasteiger partial charge on any atom is -0.494 e. The van der Waals surface area contributed by atoms with Crippen LogP contribution in [0.4, 0.5) is 5.69 Å². The van der Waals surface area contributed by atoms with E-state index in [1.165, 1.54) is 30.4 Å². The Balaban J connectivity index is 1.01. The monoisotopic (exact) mass is 689 g/mol. The van der Waals surface area contributed by atoms with E-state index < -0.39 is 29.7 Å². The van der Waals surface area contributed by atoms with Crippen molar-refractivity contribution in [2.24, 2.45) is 0 Å². The Morgan fingerprint density at radius 1 is 0.863 bits per heavy atom. The number of carbonyl (C=O) groups excluding carboxylic acids is 5. The van der Waals surface area contributed by atoms with E-state index in [2.05, 4.69) is 58.7 Å².